The van der Waals surface area contributed by atoms with Gasteiger partial charge in [-0.15, -0.1) is 0 Å². The first-order valence-electron chi connectivity index (χ1n) is 10.8. The van der Waals surface area contributed by atoms with Crippen LogP contribution in [0.25, 0.3) is 10.2 Å². The molecule has 4 rings (SSSR count). The van der Waals surface area contributed by atoms with Crippen LogP contribution in [-0.2, 0) is 14.8 Å². The first-order chi connectivity index (χ1) is 15.8. The maximum Gasteiger partial charge on any atom is 0.243 e. The minimum Gasteiger partial charge on any atom is -0.308 e. The van der Waals surface area contributed by atoms with E-state index < -0.39 is 21.8 Å². The summed E-state index contributed by atoms with van der Waals surface area (Å²) in [7, 11) is 0.0790. The number of para-hydroxylation sites is 1. The minimum atomic E-state index is -3.81. The van der Waals surface area contributed by atoms with Gasteiger partial charge in [-0.05, 0) is 63.3 Å². The van der Waals surface area contributed by atoms with Gasteiger partial charge in [-0.2, -0.15) is 4.31 Å². The van der Waals surface area contributed by atoms with Gasteiger partial charge in [-0.1, -0.05) is 23.5 Å². The number of likely N-dealkylation sites (N-methyl/N-ethyl adjacent to an activating group) is 1. The molecule has 2 heterocycles. The summed E-state index contributed by atoms with van der Waals surface area (Å²) >= 11 is 1.46. The molecule has 3 aromatic rings. The summed E-state index contributed by atoms with van der Waals surface area (Å²) in [4.78, 5) is 22.0. The number of rotatable bonds is 7. The summed E-state index contributed by atoms with van der Waals surface area (Å²) < 4.78 is 41.8. The highest BCUT2D eigenvalue weighted by Crippen LogP contribution is 2.31. The van der Waals surface area contributed by atoms with E-state index in [1.54, 1.807) is 4.90 Å². The molecule has 0 spiro atoms. The number of nitrogens with zero attached hydrogens (tertiary/aromatic N) is 4. The lowest BCUT2D eigenvalue weighted by Crippen LogP contribution is -2.48. The van der Waals surface area contributed by atoms with Gasteiger partial charge in [0.1, 0.15) is 5.82 Å². The normalized spacial score (nSPS) is 17.5. The lowest BCUT2D eigenvalue weighted by Gasteiger charge is -2.34. The van der Waals surface area contributed by atoms with Crippen molar-refractivity contribution in [3.63, 3.8) is 0 Å². The zero-order valence-corrected chi connectivity index (χ0v) is 20.3. The number of hydrogen-bond donors (Lipinski definition) is 0. The molecule has 1 saturated heterocycles. The Bertz CT molecular complexity index is 1190. The monoisotopic (exact) mass is 490 g/mol. The van der Waals surface area contributed by atoms with Crippen LogP contribution in [0.3, 0.4) is 0 Å². The van der Waals surface area contributed by atoms with E-state index >= 15 is 0 Å². The third-order valence-electron chi connectivity index (χ3n) is 5.74. The predicted molar refractivity (Wildman–Crippen MR) is 128 cm³/mol. The summed E-state index contributed by atoms with van der Waals surface area (Å²) in [5.74, 6) is -1.08. The smallest absolute Gasteiger partial charge is 0.243 e. The Morgan fingerprint density at radius 2 is 1.88 bits per heavy atom. The van der Waals surface area contributed by atoms with Crippen molar-refractivity contribution in [2.75, 3.05) is 45.2 Å². The molecule has 1 atom stereocenters. The van der Waals surface area contributed by atoms with Gasteiger partial charge in [0.05, 0.1) is 21.0 Å². The fourth-order valence-corrected chi connectivity index (χ4v) is 6.43. The maximum atomic E-state index is 13.6. The number of sulfonamides is 1. The highest BCUT2D eigenvalue weighted by Gasteiger charge is 2.36. The molecular formula is C23H27FN4O3S2. The second-order valence-corrected chi connectivity index (χ2v) is 11.4. The van der Waals surface area contributed by atoms with Crippen LogP contribution >= 0.6 is 11.3 Å². The number of thiazole rings is 1. The number of anilines is 1. The summed E-state index contributed by atoms with van der Waals surface area (Å²) in [6.45, 7) is 1.56. The molecule has 33 heavy (non-hydrogen) atoms. The molecule has 10 heteroatoms. The van der Waals surface area contributed by atoms with Crippen molar-refractivity contribution in [1.29, 1.82) is 0 Å². The first-order valence-corrected chi connectivity index (χ1v) is 13.1. The molecule has 1 fully saturated rings. The van der Waals surface area contributed by atoms with Gasteiger partial charge in [-0.3, -0.25) is 9.69 Å². The van der Waals surface area contributed by atoms with E-state index in [1.165, 1.54) is 27.8 Å². The molecule has 176 valence electrons. The Balaban J connectivity index is 1.58. The van der Waals surface area contributed by atoms with Crippen LogP contribution in [0, 0.1) is 11.7 Å². The minimum absolute atomic E-state index is 0.0348. The SMILES string of the molecule is CN(C)CCN(C(=O)C1CCCN(S(=O)(=O)c2ccc(F)cc2)C1)c1nc2ccccc2s1. The molecular weight excluding hydrogens is 463 g/mol. The van der Waals surface area contributed by atoms with E-state index in [0.717, 1.165) is 22.3 Å². The van der Waals surface area contributed by atoms with Crippen LogP contribution < -0.4 is 4.90 Å². The fourth-order valence-electron chi connectivity index (χ4n) is 3.91. The van der Waals surface area contributed by atoms with Gasteiger partial charge in [-0.25, -0.2) is 17.8 Å². The standard InChI is InChI=1S/C23H27FN4O3S2/c1-26(2)14-15-28(23-25-20-7-3-4-8-21(20)32-23)22(29)17-6-5-13-27(16-17)33(30,31)19-11-9-18(24)10-12-19/h3-4,7-12,17H,5-6,13-16H2,1-2H3. The second kappa shape index (κ2) is 9.84. The van der Waals surface area contributed by atoms with E-state index in [2.05, 4.69) is 4.98 Å². The topological polar surface area (TPSA) is 73.8 Å². The van der Waals surface area contributed by atoms with Gasteiger partial charge < -0.3 is 4.90 Å². The summed E-state index contributed by atoms with van der Waals surface area (Å²) in [6.07, 6.45) is 1.19. The van der Waals surface area contributed by atoms with Gasteiger partial charge >= 0.3 is 0 Å². The molecule has 0 N–H and O–H groups in total. The third kappa shape index (κ3) is 5.24. The quantitative estimate of drug-likeness (QED) is 0.507. The Morgan fingerprint density at radius 1 is 1.15 bits per heavy atom. The molecule has 0 saturated carbocycles. The number of piperidine rings is 1. The van der Waals surface area contributed by atoms with E-state index in [9.17, 15) is 17.6 Å². The number of aromatic nitrogens is 1. The zero-order valence-electron chi connectivity index (χ0n) is 18.6. The van der Waals surface area contributed by atoms with Crippen molar-refractivity contribution >= 4 is 42.6 Å². The van der Waals surface area contributed by atoms with E-state index in [0.29, 0.717) is 37.6 Å². The van der Waals surface area contributed by atoms with Crippen molar-refractivity contribution in [1.82, 2.24) is 14.2 Å². The Morgan fingerprint density at radius 3 is 2.58 bits per heavy atom. The lowest BCUT2D eigenvalue weighted by molar-refractivity contribution is -0.123. The molecule has 7 nitrogen and oxygen atoms in total. The van der Waals surface area contributed by atoms with Crippen molar-refractivity contribution in [2.24, 2.45) is 5.92 Å². The largest absolute Gasteiger partial charge is 0.308 e. The third-order valence-corrected chi connectivity index (χ3v) is 8.67. The number of carbonyl (C=O) groups is 1. The van der Waals surface area contributed by atoms with Crippen LogP contribution in [-0.4, -0.2) is 68.8 Å². The van der Waals surface area contributed by atoms with Crippen LogP contribution in [0.4, 0.5) is 9.52 Å². The van der Waals surface area contributed by atoms with Gasteiger partial charge in [0.25, 0.3) is 0 Å². The highest BCUT2D eigenvalue weighted by atomic mass is 32.2. The number of carbonyl (C=O) groups excluding carboxylic acids is 1. The average Bonchev–Trinajstić information content (AvgIpc) is 3.23. The number of amides is 1. The molecule has 0 radical (unpaired) electrons. The summed E-state index contributed by atoms with van der Waals surface area (Å²) in [6, 6.07) is 12.5. The van der Waals surface area contributed by atoms with Gasteiger partial charge in [0.2, 0.25) is 15.9 Å². The van der Waals surface area contributed by atoms with E-state index in [-0.39, 0.29) is 17.3 Å². The highest BCUT2D eigenvalue weighted by molar-refractivity contribution is 7.89. The number of fused-ring (bicyclic) bond motifs is 1. The first kappa shape index (κ1) is 23.7. The van der Waals surface area contributed by atoms with Crippen molar-refractivity contribution < 1.29 is 17.6 Å². The second-order valence-electron chi connectivity index (χ2n) is 8.41. The molecule has 1 unspecified atom stereocenters. The predicted octanol–water partition coefficient (Wildman–Crippen LogP) is 3.43. The van der Waals surface area contributed by atoms with Crippen molar-refractivity contribution in [2.45, 2.75) is 17.7 Å². The number of halogens is 1. The molecule has 1 aliphatic heterocycles. The van der Waals surface area contributed by atoms with Crippen LogP contribution in [0.5, 0.6) is 0 Å². The fraction of sp³-hybridized carbons (Fsp3) is 0.391. The molecule has 1 amide bonds. The zero-order chi connectivity index (χ0) is 23.6. The van der Waals surface area contributed by atoms with Crippen molar-refractivity contribution in [3.05, 3.63) is 54.3 Å². The number of benzene rings is 2. The average molecular weight is 491 g/mol. The molecule has 1 aromatic heterocycles. The van der Waals surface area contributed by atoms with Crippen LogP contribution in [0.15, 0.2) is 53.4 Å². The summed E-state index contributed by atoms with van der Waals surface area (Å²) in [5.41, 5.74) is 0.837. The molecule has 0 bridgehead atoms. The van der Waals surface area contributed by atoms with Crippen molar-refractivity contribution in [3.8, 4) is 0 Å². The van der Waals surface area contributed by atoms with E-state index in [1.807, 2.05) is 43.3 Å². The maximum absolute atomic E-state index is 13.6. The number of hydrogen-bond acceptors (Lipinski definition) is 6. The molecule has 1 aliphatic rings. The lowest BCUT2D eigenvalue weighted by atomic mass is 9.98. The Hall–Kier alpha value is -2.40. The van der Waals surface area contributed by atoms with Gasteiger partial charge in [0.15, 0.2) is 5.13 Å². The Kier molecular flexibility index (Phi) is 7.08. The Labute approximate surface area is 197 Å². The van der Waals surface area contributed by atoms with E-state index in [4.69, 9.17) is 0 Å². The van der Waals surface area contributed by atoms with Crippen LogP contribution in [0.2, 0.25) is 0 Å². The van der Waals surface area contributed by atoms with Crippen LogP contribution in [0.1, 0.15) is 12.8 Å². The summed E-state index contributed by atoms with van der Waals surface area (Å²) in [5, 5.41) is 0.626. The molecule has 0 aliphatic carbocycles. The van der Waals surface area contributed by atoms with Gasteiger partial charge in [0, 0.05) is 26.2 Å². The molecule has 2 aromatic carbocycles.